The number of amides is 1. The van der Waals surface area contributed by atoms with Crippen molar-refractivity contribution in [1.82, 2.24) is 5.32 Å². The molecule has 326 valence electrons. The van der Waals surface area contributed by atoms with Crippen molar-refractivity contribution in [2.75, 3.05) is 6.61 Å². The molecule has 7 heteroatoms. The van der Waals surface area contributed by atoms with Gasteiger partial charge in [-0.15, -0.1) is 0 Å². The highest BCUT2D eigenvalue weighted by molar-refractivity contribution is 5.76. The zero-order chi connectivity index (χ0) is 40.5. The molecule has 0 saturated carbocycles. The largest absolute Gasteiger partial charge is 0.459 e. The minimum atomic E-state index is -0.933. The third-order valence-electron chi connectivity index (χ3n) is 11.3. The third kappa shape index (κ3) is 37.7. The van der Waals surface area contributed by atoms with Gasteiger partial charge in [-0.05, 0) is 19.3 Å². The summed E-state index contributed by atoms with van der Waals surface area (Å²) in [5.41, 5.74) is 0. The van der Waals surface area contributed by atoms with E-state index in [4.69, 9.17) is 9.47 Å². The maximum absolute atomic E-state index is 12.9. The molecule has 0 radical (unpaired) electrons. The van der Waals surface area contributed by atoms with Crippen LogP contribution >= 0.6 is 0 Å². The Hall–Kier alpha value is -1.63. The van der Waals surface area contributed by atoms with E-state index in [9.17, 15) is 19.5 Å². The molecule has 0 fully saturated rings. The first kappa shape index (κ1) is 53.4. The number of nitrogens with one attached hydrogen (secondary N) is 1. The summed E-state index contributed by atoms with van der Waals surface area (Å²) in [5.74, 6) is -1.17. The number of aliphatic hydroxyl groups excluding tert-OH is 1. The molecule has 0 aliphatic rings. The molecule has 0 rings (SSSR count). The van der Waals surface area contributed by atoms with Crippen molar-refractivity contribution in [3.8, 4) is 0 Å². The molecular formula is C48H93NO6. The lowest BCUT2D eigenvalue weighted by atomic mass is 9.98. The van der Waals surface area contributed by atoms with E-state index in [1.807, 2.05) is 0 Å². The molecule has 0 unspecified atom stereocenters. The number of unbranched alkanes of at least 4 members (excludes halogenated alkanes) is 33. The van der Waals surface area contributed by atoms with Crippen LogP contribution in [0.1, 0.15) is 265 Å². The first-order valence-electron chi connectivity index (χ1n) is 24.1. The van der Waals surface area contributed by atoms with E-state index < -0.39 is 36.8 Å². The first-order valence-corrected chi connectivity index (χ1v) is 24.1. The maximum Gasteiger partial charge on any atom is 0.303 e. The summed E-state index contributed by atoms with van der Waals surface area (Å²) in [4.78, 5) is 36.9. The Labute approximate surface area is 341 Å². The molecule has 0 aromatic heterocycles. The Kier molecular flexibility index (Phi) is 40.7. The minimum Gasteiger partial charge on any atom is -0.459 e. The number of carbonyl (C=O) groups is 3. The summed E-state index contributed by atoms with van der Waals surface area (Å²) in [6.45, 7) is 6.78. The van der Waals surface area contributed by atoms with Crippen LogP contribution in [0, 0.1) is 0 Å². The van der Waals surface area contributed by atoms with Crippen molar-refractivity contribution in [1.29, 1.82) is 0 Å². The fraction of sp³-hybridized carbons (Fsp3) is 0.938. The topological polar surface area (TPSA) is 102 Å². The SMILES string of the molecule is CCCCCCCCCCCCCCCCCCCCCCCCCC(=O)N[C@H](CO)[C@H](OC(C)=O)[C@@H](CCCCCCCCCCCCCC)OC(C)=O. The molecule has 0 aliphatic carbocycles. The summed E-state index contributed by atoms with van der Waals surface area (Å²) >= 11 is 0. The Balaban J connectivity index is 4.09. The van der Waals surface area contributed by atoms with Crippen LogP contribution in [0.15, 0.2) is 0 Å². The van der Waals surface area contributed by atoms with Crippen molar-refractivity contribution in [3.63, 3.8) is 0 Å². The molecule has 0 saturated heterocycles. The third-order valence-corrected chi connectivity index (χ3v) is 11.3. The van der Waals surface area contributed by atoms with Gasteiger partial charge in [0.1, 0.15) is 6.10 Å². The Morgan fingerprint density at radius 3 is 1.02 bits per heavy atom. The molecule has 0 spiro atoms. The second kappa shape index (κ2) is 42.0. The zero-order valence-corrected chi connectivity index (χ0v) is 37.1. The van der Waals surface area contributed by atoms with Crippen LogP contribution in [0.5, 0.6) is 0 Å². The normalized spacial score (nSPS) is 13.0. The monoisotopic (exact) mass is 780 g/mol. The Morgan fingerprint density at radius 1 is 0.436 bits per heavy atom. The van der Waals surface area contributed by atoms with Gasteiger partial charge in [-0.3, -0.25) is 14.4 Å². The average Bonchev–Trinajstić information content (AvgIpc) is 3.16. The van der Waals surface area contributed by atoms with Crippen molar-refractivity contribution < 1.29 is 29.0 Å². The van der Waals surface area contributed by atoms with Gasteiger partial charge in [0.25, 0.3) is 0 Å². The molecule has 0 aromatic rings. The fourth-order valence-electron chi connectivity index (χ4n) is 7.88. The molecule has 0 heterocycles. The molecular weight excluding hydrogens is 687 g/mol. The van der Waals surface area contributed by atoms with Crippen LogP contribution < -0.4 is 5.32 Å². The Bertz CT molecular complexity index is 850. The quantitative estimate of drug-likeness (QED) is 0.0472. The average molecular weight is 780 g/mol. The summed E-state index contributed by atoms with van der Waals surface area (Å²) in [7, 11) is 0. The number of rotatable bonds is 43. The van der Waals surface area contributed by atoms with E-state index in [1.165, 1.54) is 200 Å². The minimum absolute atomic E-state index is 0.174. The molecule has 1 amide bonds. The highest BCUT2D eigenvalue weighted by Gasteiger charge is 2.35. The number of hydrogen-bond donors (Lipinski definition) is 2. The molecule has 3 atom stereocenters. The van der Waals surface area contributed by atoms with Crippen molar-refractivity contribution in [3.05, 3.63) is 0 Å². The van der Waals surface area contributed by atoms with E-state index in [-0.39, 0.29) is 5.91 Å². The first-order chi connectivity index (χ1) is 26.8. The van der Waals surface area contributed by atoms with Crippen molar-refractivity contribution in [2.45, 2.75) is 284 Å². The summed E-state index contributed by atoms with van der Waals surface area (Å²) in [6, 6.07) is -0.831. The van der Waals surface area contributed by atoms with Crippen molar-refractivity contribution >= 4 is 17.8 Å². The summed E-state index contributed by atoms with van der Waals surface area (Å²) in [6.07, 6.45) is 44.5. The highest BCUT2D eigenvalue weighted by atomic mass is 16.6. The number of aliphatic hydroxyl groups is 1. The van der Waals surface area contributed by atoms with Gasteiger partial charge >= 0.3 is 11.9 Å². The van der Waals surface area contributed by atoms with E-state index >= 15 is 0 Å². The van der Waals surface area contributed by atoms with Gasteiger partial charge < -0.3 is 19.9 Å². The predicted molar refractivity (Wildman–Crippen MR) is 232 cm³/mol. The van der Waals surface area contributed by atoms with Crippen LogP contribution in [-0.4, -0.2) is 47.8 Å². The summed E-state index contributed by atoms with van der Waals surface area (Å²) in [5, 5.41) is 13.1. The van der Waals surface area contributed by atoms with E-state index in [1.54, 1.807) is 0 Å². The Morgan fingerprint density at radius 2 is 0.727 bits per heavy atom. The number of ether oxygens (including phenoxy) is 2. The molecule has 2 N–H and O–H groups in total. The molecule has 0 bridgehead atoms. The van der Waals surface area contributed by atoms with Gasteiger partial charge in [0.2, 0.25) is 5.91 Å². The second-order valence-corrected chi connectivity index (χ2v) is 16.8. The molecule has 7 nitrogen and oxygen atoms in total. The van der Waals surface area contributed by atoms with Crippen LogP contribution in [0.4, 0.5) is 0 Å². The van der Waals surface area contributed by atoms with Crippen LogP contribution in [-0.2, 0) is 23.9 Å². The van der Waals surface area contributed by atoms with Crippen LogP contribution in [0.3, 0.4) is 0 Å². The zero-order valence-electron chi connectivity index (χ0n) is 37.1. The van der Waals surface area contributed by atoms with E-state index in [0.29, 0.717) is 12.8 Å². The van der Waals surface area contributed by atoms with Crippen LogP contribution in [0.25, 0.3) is 0 Å². The van der Waals surface area contributed by atoms with Gasteiger partial charge in [-0.2, -0.15) is 0 Å². The standard InChI is InChI=1S/C48H93NO6/c1-5-7-9-11-13-15-17-19-20-21-22-23-24-25-26-27-28-29-31-33-35-37-39-41-47(53)49-45(42-50)48(55-44(4)52)46(54-43(3)51)40-38-36-34-32-30-18-16-14-12-10-8-6-2/h45-46,48,50H,5-42H2,1-4H3,(H,49,53)/t45-,46-,48+/m1/s1. The molecule has 0 aliphatic heterocycles. The lowest BCUT2D eigenvalue weighted by molar-refractivity contribution is -0.170. The highest BCUT2D eigenvalue weighted by Crippen LogP contribution is 2.20. The molecule has 55 heavy (non-hydrogen) atoms. The van der Waals surface area contributed by atoms with Gasteiger partial charge in [-0.1, -0.05) is 226 Å². The predicted octanol–water partition coefficient (Wildman–Crippen LogP) is 13.8. The smallest absolute Gasteiger partial charge is 0.303 e. The van der Waals surface area contributed by atoms with E-state index in [2.05, 4.69) is 19.2 Å². The lowest BCUT2D eigenvalue weighted by Gasteiger charge is -2.32. The van der Waals surface area contributed by atoms with Crippen LogP contribution in [0.2, 0.25) is 0 Å². The van der Waals surface area contributed by atoms with Gasteiger partial charge in [0.15, 0.2) is 6.10 Å². The summed E-state index contributed by atoms with van der Waals surface area (Å²) < 4.78 is 11.2. The number of esters is 2. The van der Waals surface area contributed by atoms with E-state index in [0.717, 1.165) is 38.5 Å². The number of hydrogen-bond acceptors (Lipinski definition) is 6. The van der Waals surface area contributed by atoms with Crippen molar-refractivity contribution in [2.24, 2.45) is 0 Å². The van der Waals surface area contributed by atoms with Gasteiger partial charge in [-0.25, -0.2) is 0 Å². The van der Waals surface area contributed by atoms with Gasteiger partial charge in [0, 0.05) is 20.3 Å². The fourth-order valence-corrected chi connectivity index (χ4v) is 7.88. The number of carbonyl (C=O) groups excluding carboxylic acids is 3. The maximum atomic E-state index is 12.9. The lowest BCUT2D eigenvalue weighted by Crippen LogP contribution is -2.53. The van der Waals surface area contributed by atoms with Gasteiger partial charge in [0.05, 0.1) is 12.6 Å². The molecule has 0 aromatic carbocycles. The second-order valence-electron chi connectivity index (χ2n) is 16.8.